The van der Waals surface area contributed by atoms with Crippen LogP contribution in [0, 0.1) is 11.7 Å². The SMILES string of the molecule is COC(=O)[C@H](CC(C)C)NC(c1ccc(-c2cc(F)ccc2O)cc1)C(F)(F)F. The quantitative estimate of drug-likeness (QED) is 0.497. The van der Waals surface area contributed by atoms with Crippen LogP contribution in [0.3, 0.4) is 0 Å². The Hall–Kier alpha value is -2.61. The Balaban J connectivity index is 2.35. The third-order valence-electron chi connectivity index (χ3n) is 4.40. The summed E-state index contributed by atoms with van der Waals surface area (Å²) in [6, 6.07) is 5.31. The molecule has 2 aromatic rings. The summed E-state index contributed by atoms with van der Waals surface area (Å²) in [6.07, 6.45) is -4.49. The first-order valence-corrected chi connectivity index (χ1v) is 9.02. The zero-order chi connectivity index (χ0) is 21.8. The van der Waals surface area contributed by atoms with E-state index in [0.29, 0.717) is 5.56 Å². The van der Waals surface area contributed by atoms with Crippen LogP contribution in [-0.4, -0.2) is 30.4 Å². The predicted octanol–water partition coefficient (Wildman–Crippen LogP) is 4.98. The number of alkyl halides is 3. The summed E-state index contributed by atoms with van der Waals surface area (Å²) in [7, 11) is 1.13. The number of nitrogens with one attached hydrogen (secondary N) is 1. The normalized spacial score (nSPS) is 13.9. The highest BCUT2D eigenvalue weighted by Gasteiger charge is 2.43. The third kappa shape index (κ3) is 5.93. The zero-order valence-electron chi connectivity index (χ0n) is 16.3. The molecule has 8 heteroatoms. The van der Waals surface area contributed by atoms with E-state index in [2.05, 4.69) is 10.1 Å². The van der Waals surface area contributed by atoms with E-state index in [9.17, 15) is 27.5 Å². The van der Waals surface area contributed by atoms with Crippen molar-refractivity contribution in [1.29, 1.82) is 0 Å². The van der Waals surface area contributed by atoms with Crippen LogP contribution in [0.2, 0.25) is 0 Å². The van der Waals surface area contributed by atoms with Gasteiger partial charge >= 0.3 is 12.1 Å². The Morgan fingerprint density at radius 2 is 1.76 bits per heavy atom. The van der Waals surface area contributed by atoms with Crippen molar-refractivity contribution < 1.29 is 32.2 Å². The van der Waals surface area contributed by atoms with Crippen molar-refractivity contribution in [2.24, 2.45) is 5.92 Å². The lowest BCUT2D eigenvalue weighted by molar-refractivity contribution is -0.164. The van der Waals surface area contributed by atoms with Crippen LogP contribution in [0.25, 0.3) is 11.1 Å². The Morgan fingerprint density at radius 1 is 1.14 bits per heavy atom. The second kappa shape index (κ2) is 9.26. The van der Waals surface area contributed by atoms with E-state index in [1.54, 1.807) is 13.8 Å². The van der Waals surface area contributed by atoms with E-state index < -0.39 is 30.0 Å². The van der Waals surface area contributed by atoms with Crippen molar-refractivity contribution >= 4 is 5.97 Å². The van der Waals surface area contributed by atoms with Crippen LogP contribution in [0.1, 0.15) is 31.9 Å². The monoisotopic (exact) mass is 413 g/mol. The Labute approximate surface area is 166 Å². The van der Waals surface area contributed by atoms with Crippen molar-refractivity contribution in [1.82, 2.24) is 5.32 Å². The summed E-state index contributed by atoms with van der Waals surface area (Å²) in [5, 5.41) is 12.2. The van der Waals surface area contributed by atoms with Crippen LogP contribution in [-0.2, 0) is 9.53 Å². The molecule has 0 aliphatic heterocycles. The standard InChI is InChI=1S/C21H23F4NO3/c1-12(2)10-17(20(28)29-3)26-19(21(23,24)25)14-6-4-13(5-7-14)16-11-15(22)8-9-18(16)27/h4-9,11-12,17,19,26-27H,10H2,1-3H3/t17-,19?/m0/s1. The molecule has 0 heterocycles. The molecule has 2 N–H and O–H groups in total. The molecule has 0 aliphatic carbocycles. The number of esters is 1. The fourth-order valence-electron chi connectivity index (χ4n) is 3.02. The number of benzene rings is 2. The molecule has 0 radical (unpaired) electrons. The van der Waals surface area contributed by atoms with Gasteiger partial charge in [-0.1, -0.05) is 38.1 Å². The summed E-state index contributed by atoms with van der Waals surface area (Å²) in [4.78, 5) is 11.9. The minimum atomic E-state index is -4.66. The predicted molar refractivity (Wildman–Crippen MR) is 101 cm³/mol. The number of rotatable bonds is 7. The van der Waals surface area contributed by atoms with Gasteiger partial charge in [0.25, 0.3) is 0 Å². The number of aromatic hydroxyl groups is 1. The van der Waals surface area contributed by atoms with E-state index in [0.717, 1.165) is 19.2 Å². The van der Waals surface area contributed by atoms with Crippen molar-refractivity contribution in [2.45, 2.75) is 38.5 Å². The van der Waals surface area contributed by atoms with Crippen molar-refractivity contribution in [3.05, 3.63) is 53.8 Å². The van der Waals surface area contributed by atoms with E-state index in [4.69, 9.17) is 0 Å². The number of phenolic OH excluding ortho intramolecular Hbond substituents is 1. The molecule has 2 rings (SSSR count). The van der Waals surface area contributed by atoms with Crippen molar-refractivity contribution in [3.8, 4) is 16.9 Å². The number of halogens is 4. The smallest absolute Gasteiger partial charge is 0.407 e. The van der Waals surface area contributed by atoms with Crippen LogP contribution in [0.15, 0.2) is 42.5 Å². The maximum absolute atomic E-state index is 13.7. The molecule has 29 heavy (non-hydrogen) atoms. The average Bonchev–Trinajstić information content (AvgIpc) is 2.65. The molecule has 2 atom stereocenters. The van der Waals surface area contributed by atoms with Gasteiger partial charge in [-0.2, -0.15) is 13.2 Å². The Bertz CT molecular complexity index is 835. The van der Waals surface area contributed by atoms with Gasteiger partial charge in [0.1, 0.15) is 23.7 Å². The first-order chi connectivity index (χ1) is 13.5. The zero-order valence-corrected chi connectivity index (χ0v) is 16.3. The molecule has 0 aliphatic rings. The number of hydrogen-bond acceptors (Lipinski definition) is 4. The first kappa shape index (κ1) is 22.7. The van der Waals surface area contributed by atoms with E-state index in [-0.39, 0.29) is 29.2 Å². The number of methoxy groups -OCH3 is 1. The first-order valence-electron chi connectivity index (χ1n) is 9.02. The number of carbonyl (C=O) groups is 1. The highest BCUT2D eigenvalue weighted by molar-refractivity contribution is 5.75. The summed E-state index contributed by atoms with van der Waals surface area (Å²) in [5.74, 6) is -1.56. The number of hydrogen-bond donors (Lipinski definition) is 2. The van der Waals surface area contributed by atoms with Crippen LogP contribution in [0.4, 0.5) is 17.6 Å². The van der Waals surface area contributed by atoms with Crippen LogP contribution >= 0.6 is 0 Å². The van der Waals surface area contributed by atoms with E-state index in [1.165, 1.54) is 30.3 Å². The maximum Gasteiger partial charge on any atom is 0.407 e. The number of carbonyl (C=O) groups excluding carboxylic acids is 1. The number of ether oxygens (including phenoxy) is 1. The van der Waals surface area contributed by atoms with E-state index in [1.807, 2.05) is 0 Å². The molecule has 0 saturated heterocycles. The molecule has 2 aromatic carbocycles. The molecule has 0 amide bonds. The molecule has 1 unspecified atom stereocenters. The summed E-state index contributed by atoms with van der Waals surface area (Å²) in [6.45, 7) is 3.58. The van der Waals surface area contributed by atoms with Gasteiger partial charge in [0, 0.05) is 5.56 Å². The lowest BCUT2D eigenvalue weighted by Crippen LogP contribution is -2.45. The molecule has 4 nitrogen and oxygen atoms in total. The molecular formula is C21H23F4NO3. The molecule has 0 fully saturated rings. The number of phenols is 1. The minimum absolute atomic E-state index is 0.0289. The Morgan fingerprint density at radius 3 is 2.28 bits per heavy atom. The lowest BCUT2D eigenvalue weighted by Gasteiger charge is -2.27. The topological polar surface area (TPSA) is 58.6 Å². The van der Waals surface area contributed by atoms with Gasteiger partial charge in [0.05, 0.1) is 7.11 Å². The fraction of sp³-hybridized carbons (Fsp3) is 0.381. The minimum Gasteiger partial charge on any atom is -0.507 e. The third-order valence-corrected chi connectivity index (χ3v) is 4.40. The Kier molecular flexibility index (Phi) is 7.24. The van der Waals surface area contributed by atoms with Gasteiger partial charge < -0.3 is 9.84 Å². The average molecular weight is 413 g/mol. The second-order valence-electron chi connectivity index (χ2n) is 7.13. The van der Waals surface area contributed by atoms with Gasteiger partial charge in [-0.05, 0) is 41.7 Å². The highest BCUT2D eigenvalue weighted by atomic mass is 19.4. The molecular weight excluding hydrogens is 390 g/mol. The molecule has 158 valence electrons. The van der Waals surface area contributed by atoms with Crippen LogP contribution < -0.4 is 5.32 Å². The van der Waals surface area contributed by atoms with Crippen molar-refractivity contribution in [3.63, 3.8) is 0 Å². The highest BCUT2D eigenvalue weighted by Crippen LogP contribution is 2.36. The van der Waals surface area contributed by atoms with Crippen molar-refractivity contribution in [2.75, 3.05) is 7.11 Å². The van der Waals surface area contributed by atoms with Gasteiger partial charge in [0.2, 0.25) is 0 Å². The summed E-state index contributed by atoms with van der Waals surface area (Å²) >= 11 is 0. The summed E-state index contributed by atoms with van der Waals surface area (Å²) < 4.78 is 59.2. The largest absolute Gasteiger partial charge is 0.507 e. The van der Waals surface area contributed by atoms with Gasteiger partial charge in [-0.15, -0.1) is 0 Å². The second-order valence-corrected chi connectivity index (χ2v) is 7.13. The summed E-state index contributed by atoms with van der Waals surface area (Å²) in [5.41, 5.74) is 0.411. The maximum atomic E-state index is 13.7. The van der Waals surface area contributed by atoms with Gasteiger partial charge in [-0.3, -0.25) is 10.1 Å². The molecule has 0 bridgehead atoms. The van der Waals surface area contributed by atoms with E-state index >= 15 is 0 Å². The lowest BCUT2D eigenvalue weighted by atomic mass is 9.97. The molecule has 0 saturated carbocycles. The van der Waals surface area contributed by atoms with Gasteiger partial charge in [-0.25, -0.2) is 4.39 Å². The fourth-order valence-corrected chi connectivity index (χ4v) is 3.02. The van der Waals surface area contributed by atoms with Gasteiger partial charge in [0.15, 0.2) is 0 Å². The molecule has 0 aromatic heterocycles. The van der Waals surface area contributed by atoms with Crippen LogP contribution in [0.5, 0.6) is 5.75 Å². The molecule has 0 spiro atoms.